The molecule has 2 aromatic carbocycles. The molecule has 1 heterocycles. The Bertz CT molecular complexity index is 840. The lowest BCUT2D eigenvalue weighted by Crippen LogP contribution is -2.06. The number of benzene rings is 2. The first-order valence-electron chi connectivity index (χ1n) is 7.78. The Morgan fingerprint density at radius 3 is 2.64 bits per heavy atom. The largest absolute Gasteiger partial charge is 0.491 e. The molecule has 0 aliphatic heterocycles. The highest BCUT2D eigenvalue weighted by Crippen LogP contribution is 2.28. The Kier molecular flexibility index (Phi) is 6.24. The van der Waals surface area contributed by atoms with Crippen molar-refractivity contribution in [2.24, 2.45) is 0 Å². The van der Waals surface area contributed by atoms with E-state index in [1.807, 2.05) is 25.1 Å². The normalized spacial score (nSPS) is 10.8. The standard InChI is InChI=1S/C18H17Cl2N3OS/c1-13-21-22-18(23(13)12-14-5-3-2-4-6-14)25-10-9-24-17-8-7-15(19)11-16(17)20/h2-8,11H,9-10,12H2,1H3. The molecule has 4 nitrogen and oxygen atoms in total. The third kappa shape index (κ3) is 4.91. The van der Waals surface area contributed by atoms with Crippen molar-refractivity contribution >= 4 is 35.0 Å². The molecule has 0 saturated carbocycles. The van der Waals surface area contributed by atoms with Crippen molar-refractivity contribution in [1.29, 1.82) is 0 Å². The van der Waals surface area contributed by atoms with Gasteiger partial charge in [-0.3, -0.25) is 0 Å². The summed E-state index contributed by atoms with van der Waals surface area (Å²) in [5.41, 5.74) is 1.22. The molecule has 0 saturated heterocycles. The first kappa shape index (κ1) is 18.1. The highest BCUT2D eigenvalue weighted by atomic mass is 35.5. The lowest BCUT2D eigenvalue weighted by molar-refractivity contribution is 0.344. The van der Waals surface area contributed by atoms with Gasteiger partial charge in [0.1, 0.15) is 11.6 Å². The molecular weight excluding hydrogens is 377 g/mol. The average Bonchev–Trinajstić information content (AvgIpc) is 2.94. The van der Waals surface area contributed by atoms with Crippen LogP contribution in [0.2, 0.25) is 10.0 Å². The Morgan fingerprint density at radius 1 is 1.08 bits per heavy atom. The summed E-state index contributed by atoms with van der Waals surface area (Å²) in [6.07, 6.45) is 0. The smallest absolute Gasteiger partial charge is 0.191 e. The van der Waals surface area contributed by atoms with Crippen molar-refractivity contribution in [3.05, 3.63) is 70.0 Å². The lowest BCUT2D eigenvalue weighted by Gasteiger charge is -2.10. The molecule has 1 aromatic heterocycles. The minimum atomic E-state index is 0.514. The Hall–Kier alpha value is -1.69. The average molecular weight is 394 g/mol. The molecule has 130 valence electrons. The zero-order valence-electron chi connectivity index (χ0n) is 13.7. The molecular formula is C18H17Cl2N3OS. The summed E-state index contributed by atoms with van der Waals surface area (Å²) in [6, 6.07) is 15.5. The van der Waals surface area contributed by atoms with Gasteiger partial charge in [-0.15, -0.1) is 10.2 Å². The molecule has 0 atom stereocenters. The van der Waals surface area contributed by atoms with Crippen molar-refractivity contribution in [2.45, 2.75) is 18.6 Å². The summed E-state index contributed by atoms with van der Waals surface area (Å²) >= 11 is 13.6. The van der Waals surface area contributed by atoms with Gasteiger partial charge in [0.25, 0.3) is 0 Å². The summed E-state index contributed by atoms with van der Waals surface area (Å²) in [5.74, 6) is 2.27. The van der Waals surface area contributed by atoms with E-state index in [2.05, 4.69) is 26.9 Å². The highest BCUT2D eigenvalue weighted by Gasteiger charge is 2.10. The van der Waals surface area contributed by atoms with Crippen LogP contribution in [-0.2, 0) is 6.54 Å². The molecule has 0 N–H and O–H groups in total. The molecule has 0 spiro atoms. The van der Waals surface area contributed by atoms with E-state index in [0.717, 1.165) is 23.3 Å². The molecule has 7 heteroatoms. The number of halogens is 2. The second kappa shape index (κ2) is 8.61. The van der Waals surface area contributed by atoms with Crippen molar-refractivity contribution in [3.8, 4) is 5.75 Å². The van der Waals surface area contributed by atoms with Crippen LogP contribution in [0, 0.1) is 6.92 Å². The van der Waals surface area contributed by atoms with Gasteiger partial charge in [-0.1, -0.05) is 65.3 Å². The highest BCUT2D eigenvalue weighted by molar-refractivity contribution is 7.99. The Morgan fingerprint density at radius 2 is 1.88 bits per heavy atom. The fourth-order valence-electron chi connectivity index (χ4n) is 2.29. The zero-order chi connectivity index (χ0) is 17.6. The number of rotatable bonds is 7. The third-order valence-corrected chi connectivity index (χ3v) is 5.01. The topological polar surface area (TPSA) is 39.9 Å². The van der Waals surface area contributed by atoms with Crippen LogP contribution in [0.15, 0.2) is 53.7 Å². The van der Waals surface area contributed by atoms with Gasteiger partial charge in [0.2, 0.25) is 0 Å². The minimum Gasteiger partial charge on any atom is -0.491 e. The maximum atomic E-state index is 6.10. The summed E-state index contributed by atoms with van der Waals surface area (Å²) in [4.78, 5) is 0. The molecule has 0 unspecified atom stereocenters. The summed E-state index contributed by atoms with van der Waals surface area (Å²) in [5, 5.41) is 10.4. The first-order chi connectivity index (χ1) is 12.1. The fourth-order valence-corrected chi connectivity index (χ4v) is 3.56. The van der Waals surface area contributed by atoms with Crippen LogP contribution in [-0.4, -0.2) is 27.1 Å². The molecule has 25 heavy (non-hydrogen) atoms. The number of aromatic nitrogens is 3. The molecule has 0 bridgehead atoms. The lowest BCUT2D eigenvalue weighted by atomic mass is 10.2. The summed E-state index contributed by atoms with van der Waals surface area (Å²) in [7, 11) is 0. The fraction of sp³-hybridized carbons (Fsp3) is 0.222. The molecule has 3 aromatic rings. The molecule has 0 aliphatic carbocycles. The maximum absolute atomic E-state index is 6.10. The van der Waals surface area contributed by atoms with E-state index >= 15 is 0 Å². The van der Waals surface area contributed by atoms with E-state index in [0.29, 0.717) is 22.4 Å². The van der Waals surface area contributed by atoms with E-state index in [9.17, 15) is 0 Å². The molecule has 3 rings (SSSR count). The second-order valence-corrected chi connectivity index (χ2v) is 7.28. The SMILES string of the molecule is Cc1nnc(SCCOc2ccc(Cl)cc2Cl)n1Cc1ccccc1. The molecule has 0 amide bonds. The molecule has 0 aliphatic rings. The number of nitrogens with zero attached hydrogens (tertiary/aromatic N) is 3. The van der Waals surface area contributed by atoms with Gasteiger partial charge in [0.05, 0.1) is 18.2 Å². The van der Waals surface area contributed by atoms with Crippen molar-refractivity contribution < 1.29 is 4.74 Å². The van der Waals surface area contributed by atoms with Crippen molar-refractivity contribution in [2.75, 3.05) is 12.4 Å². The van der Waals surface area contributed by atoms with Gasteiger partial charge in [-0.05, 0) is 30.7 Å². The van der Waals surface area contributed by atoms with Gasteiger partial charge >= 0.3 is 0 Å². The van der Waals surface area contributed by atoms with Crippen molar-refractivity contribution in [1.82, 2.24) is 14.8 Å². The van der Waals surface area contributed by atoms with Crippen LogP contribution in [0.4, 0.5) is 0 Å². The van der Waals surface area contributed by atoms with Crippen LogP contribution >= 0.6 is 35.0 Å². The van der Waals surface area contributed by atoms with E-state index in [1.165, 1.54) is 5.56 Å². The van der Waals surface area contributed by atoms with E-state index in [-0.39, 0.29) is 0 Å². The molecule has 0 radical (unpaired) electrons. The van der Waals surface area contributed by atoms with Gasteiger partial charge in [0, 0.05) is 10.8 Å². The number of hydrogen-bond donors (Lipinski definition) is 0. The van der Waals surface area contributed by atoms with Gasteiger partial charge in [-0.25, -0.2) is 0 Å². The Labute approximate surface area is 161 Å². The third-order valence-electron chi connectivity index (χ3n) is 3.55. The van der Waals surface area contributed by atoms with Crippen LogP contribution < -0.4 is 4.74 Å². The van der Waals surface area contributed by atoms with Crippen LogP contribution in [0.25, 0.3) is 0 Å². The second-order valence-electron chi connectivity index (χ2n) is 5.37. The number of aryl methyl sites for hydroxylation is 1. The number of thioether (sulfide) groups is 1. The van der Waals surface area contributed by atoms with E-state index in [1.54, 1.807) is 30.0 Å². The first-order valence-corrected chi connectivity index (χ1v) is 9.52. The summed E-state index contributed by atoms with van der Waals surface area (Å²) in [6.45, 7) is 3.24. The zero-order valence-corrected chi connectivity index (χ0v) is 16.0. The van der Waals surface area contributed by atoms with Crippen LogP contribution in [0.5, 0.6) is 5.75 Å². The quantitative estimate of drug-likeness (QED) is 0.412. The van der Waals surface area contributed by atoms with E-state index < -0.39 is 0 Å². The number of hydrogen-bond acceptors (Lipinski definition) is 4. The predicted molar refractivity (Wildman–Crippen MR) is 103 cm³/mol. The van der Waals surface area contributed by atoms with Gasteiger partial charge in [0.15, 0.2) is 5.16 Å². The minimum absolute atomic E-state index is 0.514. The van der Waals surface area contributed by atoms with E-state index in [4.69, 9.17) is 27.9 Å². The Balaban J connectivity index is 1.57. The maximum Gasteiger partial charge on any atom is 0.191 e. The molecule has 0 fully saturated rings. The number of ether oxygens (including phenoxy) is 1. The van der Waals surface area contributed by atoms with Gasteiger partial charge in [-0.2, -0.15) is 0 Å². The summed E-state index contributed by atoms with van der Waals surface area (Å²) < 4.78 is 7.82. The van der Waals surface area contributed by atoms with Gasteiger partial charge < -0.3 is 9.30 Å². The van der Waals surface area contributed by atoms with Crippen molar-refractivity contribution in [3.63, 3.8) is 0 Å². The van der Waals surface area contributed by atoms with Crippen LogP contribution in [0.1, 0.15) is 11.4 Å². The monoisotopic (exact) mass is 393 g/mol. The predicted octanol–water partition coefficient (Wildman–Crippen LogP) is 5.11. The van der Waals surface area contributed by atoms with Crippen LogP contribution in [0.3, 0.4) is 0 Å².